The maximum atomic E-state index is 12.4. The highest BCUT2D eigenvalue weighted by molar-refractivity contribution is 6.42. The molecule has 0 bridgehead atoms. The van der Waals surface area contributed by atoms with Crippen molar-refractivity contribution in [2.75, 3.05) is 10.6 Å². The van der Waals surface area contributed by atoms with Gasteiger partial charge in [-0.05, 0) is 42.5 Å². The molecule has 3 aromatic rings. The Kier molecular flexibility index (Phi) is 4.97. The van der Waals surface area contributed by atoms with Gasteiger partial charge in [0.05, 0.1) is 16.5 Å². The molecular formula is C18H12Cl3N5O2. The second-order valence-electron chi connectivity index (χ2n) is 6.10. The van der Waals surface area contributed by atoms with Gasteiger partial charge in [-0.2, -0.15) is 4.98 Å². The van der Waals surface area contributed by atoms with E-state index >= 15 is 0 Å². The first-order valence-electron chi connectivity index (χ1n) is 8.19. The Balaban J connectivity index is 1.51. The number of nitrogens with one attached hydrogen (secondary N) is 2. The zero-order valence-electron chi connectivity index (χ0n) is 14.1. The molecule has 142 valence electrons. The van der Waals surface area contributed by atoms with Crippen LogP contribution in [0.4, 0.5) is 11.6 Å². The van der Waals surface area contributed by atoms with Gasteiger partial charge in [-0.3, -0.25) is 14.9 Å². The molecule has 2 aromatic carbocycles. The minimum absolute atomic E-state index is 0.109. The average Bonchev–Trinajstić information content (AvgIpc) is 3.18. The van der Waals surface area contributed by atoms with Crippen LogP contribution in [0.2, 0.25) is 15.1 Å². The first-order chi connectivity index (χ1) is 13.4. The summed E-state index contributed by atoms with van der Waals surface area (Å²) in [6.07, 6.45) is -0.109. The molecule has 0 fully saturated rings. The molecule has 0 aliphatic carbocycles. The van der Waals surface area contributed by atoms with Crippen LogP contribution in [0.1, 0.15) is 12.5 Å². The number of amides is 2. The number of aromatic nitrogens is 3. The van der Waals surface area contributed by atoms with Gasteiger partial charge in [-0.25, -0.2) is 4.68 Å². The van der Waals surface area contributed by atoms with Gasteiger partial charge in [0.15, 0.2) is 5.82 Å². The fourth-order valence-electron chi connectivity index (χ4n) is 2.79. The maximum absolute atomic E-state index is 12.4. The molecule has 0 saturated heterocycles. The number of hydrogen-bond acceptors (Lipinski definition) is 4. The molecule has 10 heteroatoms. The summed E-state index contributed by atoms with van der Waals surface area (Å²) in [5.74, 6) is 0.0146. The fourth-order valence-corrected chi connectivity index (χ4v) is 3.22. The van der Waals surface area contributed by atoms with Crippen LogP contribution in [0, 0.1) is 0 Å². The van der Waals surface area contributed by atoms with Crippen molar-refractivity contribution in [3.8, 4) is 11.4 Å². The van der Waals surface area contributed by atoms with Crippen molar-refractivity contribution >= 4 is 58.3 Å². The van der Waals surface area contributed by atoms with Crippen molar-refractivity contribution in [3.05, 3.63) is 57.5 Å². The zero-order valence-corrected chi connectivity index (χ0v) is 16.4. The van der Waals surface area contributed by atoms with Crippen LogP contribution in [-0.4, -0.2) is 26.6 Å². The lowest BCUT2D eigenvalue weighted by atomic mass is 10.2. The third-order valence-electron chi connectivity index (χ3n) is 4.15. The molecule has 1 aromatic heterocycles. The molecule has 0 radical (unpaired) electrons. The molecule has 2 heterocycles. The summed E-state index contributed by atoms with van der Waals surface area (Å²) in [5, 5.41) is 11.0. The van der Waals surface area contributed by atoms with Crippen molar-refractivity contribution < 1.29 is 9.59 Å². The van der Waals surface area contributed by atoms with Gasteiger partial charge in [0.1, 0.15) is 6.04 Å². The summed E-state index contributed by atoms with van der Waals surface area (Å²) in [7, 11) is 0. The lowest BCUT2D eigenvalue weighted by molar-refractivity contribution is -0.123. The molecule has 7 nitrogen and oxygen atoms in total. The molecule has 1 aliphatic rings. The van der Waals surface area contributed by atoms with E-state index < -0.39 is 6.04 Å². The minimum atomic E-state index is -0.800. The molecule has 4 rings (SSSR count). The summed E-state index contributed by atoms with van der Waals surface area (Å²) in [5.41, 5.74) is 1.23. The van der Waals surface area contributed by atoms with E-state index in [9.17, 15) is 9.59 Å². The quantitative estimate of drug-likeness (QED) is 0.633. The van der Waals surface area contributed by atoms with Crippen molar-refractivity contribution in [2.45, 2.75) is 12.5 Å². The smallest absolute Gasteiger partial charge is 0.252 e. The van der Waals surface area contributed by atoms with E-state index in [1.807, 2.05) is 0 Å². The molecule has 2 N–H and O–H groups in total. The Morgan fingerprint density at radius 2 is 1.86 bits per heavy atom. The van der Waals surface area contributed by atoms with Crippen LogP contribution >= 0.6 is 34.8 Å². The van der Waals surface area contributed by atoms with Crippen LogP contribution in [0.3, 0.4) is 0 Å². The molecule has 0 spiro atoms. The van der Waals surface area contributed by atoms with E-state index in [1.165, 1.54) is 10.7 Å². The van der Waals surface area contributed by atoms with Crippen molar-refractivity contribution in [2.24, 2.45) is 0 Å². The number of benzene rings is 2. The second-order valence-corrected chi connectivity index (χ2v) is 7.35. The van der Waals surface area contributed by atoms with Crippen molar-refractivity contribution in [1.82, 2.24) is 14.8 Å². The highest BCUT2D eigenvalue weighted by Gasteiger charge is 2.35. The molecule has 1 atom stereocenters. The monoisotopic (exact) mass is 435 g/mol. The van der Waals surface area contributed by atoms with Crippen LogP contribution in [0.5, 0.6) is 0 Å². The van der Waals surface area contributed by atoms with E-state index in [2.05, 4.69) is 20.7 Å². The third kappa shape index (κ3) is 3.69. The number of halogens is 3. The standard InChI is InChI=1S/C18H12Cl3N5O2/c19-10-3-1-9(2-4-10)16-23-18-24-17(28)14(26(18)25-16)8-15(27)22-11-5-6-12(20)13(21)7-11/h1-7,14H,8H2,(H,22,27)(H,23,24,25,28)/t14-/m1/s1. The van der Waals surface area contributed by atoms with E-state index in [-0.39, 0.29) is 18.2 Å². The maximum Gasteiger partial charge on any atom is 0.252 e. The van der Waals surface area contributed by atoms with E-state index in [4.69, 9.17) is 34.8 Å². The van der Waals surface area contributed by atoms with E-state index in [0.717, 1.165) is 5.56 Å². The lowest BCUT2D eigenvalue weighted by Gasteiger charge is -2.10. The fraction of sp³-hybridized carbons (Fsp3) is 0.111. The average molecular weight is 437 g/mol. The van der Waals surface area contributed by atoms with Gasteiger partial charge in [0, 0.05) is 16.3 Å². The summed E-state index contributed by atoms with van der Waals surface area (Å²) in [6, 6.07) is 11.0. The Hall–Kier alpha value is -2.61. The summed E-state index contributed by atoms with van der Waals surface area (Å²) >= 11 is 17.7. The van der Waals surface area contributed by atoms with Crippen molar-refractivity contribution in [1.29, 1.82) is 0 Å². The highest BCUT2D eigenvalue weighted by Crippen LogP contribution is 2.29. The number of hydrogen-bond donors (Lipinski definition) is 2. The summed E-state index contributed by atoms with van der Waals surface area (Å²) < 4.78 is 1.42. The molecule has 2 amide bonds. The topological polar surface area (TPSA) is 88.9 Å². The normalized spacial score (nSPS) is 15.2. The Labute approximate surface area is 174 Å². The minimum Gasteiger partial charge on any atom is -0.326 e. The second kappa shape index (κ2) is 7.43. The van der Waals surface area contributed by atoms with Crippen LogP contribution in [0.25, 0.3) is 11.4 Å². The molecule has 1 aliphatic heterocycles. The number of carbonyl (C=O) groups excluding carboxylic acids is 2. The van der Waals surface area contributed by atoms with E-state index in [0.29, 0.717) is 32.5 Å². The first kappa shape index (κ1) is 18.7. The largest absolute Gasteiger partial charge is 0.326 e. The number of anilines is 2. The Bertz CT molecular complexity index is 1080. The number of carbonyl (C=O) groups is 2. The van der Waals surface area contributed by atoms with Gasteiger partial charge < -0.3 is 5.32 Å². The molecular weight excluding hydrogens is 425 g/mol. The third-order valence-corrected chi connectivity index (χ3v) is 5.14. The van der Waals surface area contributed by atoms with Crippen molar-refractivity contribution in [3.63, 3.8) is 0 Å². The number of fused-ring (bicyclic) bond motifs is 1. The Morgan fingerprint density at radius 1 is 1.11 bits per heavy atom. The van der Waals surface area contributed by atoms with Crippen LogP contribution in [-0.2, 0) is 9.59 Å². The molecule has 0 saturated carbocycles. The summed E-state index contributed by atoms with van der Waals surface area (Å²) in [4.78, 5) is 28.9. The SMILES string of the molecule is O=C(C[C@@H]1C(=O)Nc2nc(-c3ccc(Cl)cc3)nn21)Nc1ccc(Cl)c(Cl)c1. The Morgan fingerprint density at radius 3 is 2.57 bits per heavy atom. The van der Waals surface area contributed by atoms with Gasteiger partial charge in [0.2, 0.25) is 11.9 Å². The van der Waals surface area contributed by atoms with E-state index in [1.54, 1.807) is 36.4 Å². The lowest BCUT2D eigenvalue weighted by Crippen LogP contribution is -2.23. The zero-order chi connectivity index (χ0) is 19.8. The van der Waals surface area contributed by atoms with Crippen LogP contribution in [0.15, 0.2) is 42.5 Å². The van der Waals surface area contributed by atoms with Crippen LogP contribution < -0.4 is 10.6 Å². The van der Waals surface area contributed by atoms with Gasteiger partial charge in [-0.15, -0.1) is 5.10 Å². The predicted molar refractivity (Wildman–Crippen MR) is 108 cm³/mol. The highest BCUT2D eigenvalue weighted by atomic mass is 35.5. The molecule has 0 unspecified atom stereocenters. The number of rotatable bonds is 4. The van der Waals surface area contributed by atoms with Gasteiger partial charge in [-0.1, -0.05) is 34.8 Å². The summed E-state index contributed by atoms with van der Waals surface area (Å²) in [6.45, 7) is 0. The predicted octanol–water partition coefficient (Wildman–Crippen LogP) is 4.43. The van der Waals surface area contributed by atoms with Gasteiger partial charge >= 0.3 is 0 Å². The van der Waals surface area contributed by atoms with Gasteiger partial charge in [0.25, 0.3) is 5.91 Å². The molecule has 28 heavy (non-hydrogen) atoms. The first-order valence-corrected chi connectivity index (χ1v) is 9.32. The number of nitrogens with zero attached hydrogens (tertiary/aromatic N) is 3.